The molecular weight excluding hydrogens is 316 g/mol. The number of nitrogens with zero attached hydrogens (tertiary/aromatic N) is 1. The van der Waals surface area contributed by atoms with E-state index >= 15 is 0 Å². The summed E-state index contributed by atoms with van der Waals surface area (Å²) in [5.41, 5.74) is 0. The Balaban J connectivity index is 1.83. The number of nitrogens with one attached hydrogen (secondary N) is 1. The normalized spacial score (nSPS) is 26.2. The van der Waals surface area contributed by atoms with Crippen LogP contribution in [0.15, 0.2) is 29.2 Å². The number of carbonyl (C=O) groups is 1. The lowest BCUT2D eigenvalue weighted by molar-refractivity contribution is -0.131. The Morgan fingerprint density at radius 1 is 1.30 bits per heavy atom. The highest BCUT2D eigenvalue weighted by Crippen LogP contribution is 2.31. The minimum Gasteiger partial charge on any atom is -0.487 e. The molecule has 2 heterocycles. The van der Waals surface area contributed by atoms with Gasteiger partial charge >= 0.3 is 0 Å². The predicted octanol–water partition coefficient (Wildman–Crippen LogP) is 1.52. The molecule has 7 heteroatoms. The number of hydrogen-bond donors (Lipinski definition) is 1. The smallest absolute Gasteiger partial charge is 0.244 e. The number of fused-ring (bicyclic) bond motifs is 2. The Morgan fingerprint density at radius 3 is 2.83 bits per heavy atom. The first kappa shape index (κ1) is 16.3. The van der Waals surface area contributed by atoms with E-state index in [1.165, 1.54) is 0 Å². The number of amides is 1. The molecule has 2 atom stereocenters. The summed E-state index contributed by atoms with van der Waals surface area (Å²) in [6.45, 7) is 3.14. The number of para-hydroxylation sites is 1. The third-order valence-electron chi connectivity index (χ3n) is 4.38. The molecule has 6 nitrogen and oxygen atoms in total. The van der Waals surface area contributed by atoms with Gasteiger partial charge in [-0.2, -0.15) is 0 Å². The van der Waals surface area contributed by atoms with Gasteiger partial charge in [-0.1, -0.05) is 19.1 Å². The lowest BCUT2D eigenvalue weighted by atomic mass is 10.1. The van der Waals surface area contributed by atoms with Crippen molar-refractivity contribution in [1.29, 1.82) is 0 Å². The lowest BCUT2D eigenvalue weighted by Crippen LogP contribution is -2.43. The molecule has 0 unspecified atom stereocenters. The Labute approximate surface area is 136 Å². The number of hydrogen-bond acceptors (Lipinski definition) is 4. The molecule has 23 heavy (non-hydrogen) atoms. The molecule has 2 aliphatic heterocycles. The van der Waals surface area contributed by atoms with Crippen LogP contribution < -0.4 is 9.46 Å². The zero-order valence-electron chi connectivity index (χ0n) is 13.2. The minimum absolute atomic E-state index is 0.132. The van der Waals surface area contributed by atoms with Crippen molar-refractivity contribution in [3.63, 3.8) is 0 Å². The van der Waals surface area contributed by atoms with Crippen LogP contribution in [0.5, 0.6) is 5.75 Å². The van der Waals surface area contributed by atoms with E-state index in [1.807, 2.05) is 11.8 Å². The van der Waals surface area contributed by atoms with E-state index in [1.54, 1.807) is 24.3 Å². The molecule has 2 aliphatic rings. The molecule has 0 aliphatic carbocycles. The van der Waals surface area contributed by atoms with Crippen LogP contribution in [0.3, 0.4) is 0 Å². The van der Waals surface area contributed by atoms with Gasteiger partial charge in [-0.05, 0) is 25.0 Å². The summed E-state index contributed by atoms with van der Waals surface area (Å²) in [5, 5.41) is 0. The third-order valence-corrected chi connectivity index (χ3v) is 5.91. The maximum absolute atomic E-state index is 12.5. The molecule has 3 rings (SSSR count). The highest BCUT2D eigenvalue weighted by molar-refractivity contribution is 7.89. The van der Waals surface area contributed by atoms with Crippen LogP contribution in [0.2, 0.25) is 0 Å². The summed E-state index contributed by atoms with van der Waals surface area (Å²) < 4.78 is 33.8. The SMILES string of the molecule is CCCC(=O)N1CC[C@@H]2NS(=O)(=O)c3ccccc3O[C@H]2CC1. The van der Waals surface area contributed by atoms with Gasteiger partial charge in [0.1, 0.15) is 16.7 Å². The van der Waals surface area contributed by atoms with E-state index in [0.717, 1.165) is 6.42 Å². The fraction of sp³-hybridized carbons (Fsp3) is 0.562. The summed E-state index contributed by atoms with van der Waals surface area (Å²) in [5.74, 6) is 0.521. The first-order chi connectivity index (χ1) is 11.0. The van der Waals surface area contributed by atoms with Gasteiger partial charge in [0.15, 0.2) is 0 Å². The Hall–Kier alpha value is -1.60. The van der Waals surface area contributed by atoms with Crippen molar-refractivity contribution in [2.75, 3.05) is 13.1 Å². The van der Waals surface area contributed by atoms with Crippen molar-refractivity contribution in [2.45, 2.75) is 49.6 Å². The van der Waals surface area contributed by atoms with E-state index in [4.69, 9.17) is 4.74 Å². The van der Waals surface area contributed by atoms with Crippen molar-refractivity contribution in [3.05, 3.63) is 24.3 Å². The van der Waals surface area contributed by atoms with Gasteiger partial charge in [0.25, 0.3) is 0 Å². The van der Waals surface area contributed by atoms with Gasteiger partial charge < -0.3 is 9.64 Å². The fourth-order valence-corrected chi connectivity index (χ4v) is 4.60. The standard InChI is InChI=1S/C16H22N2O4S/c1-2-5-16(19)18-10-8-12-13(9-11-18)22-14-6-3-4-7-15(14)23(20,21)17-12/h3-4,6-7,12-13,17H,2,5,8-11H2,1H3/t12-,13-/m0/s1. The number of carbonyl (C=O) groups excluding carboxylic acids is 1. The van der Waals surface area contributed by atoms with Crippen molar-refractivity contribution in [3.8, 4) is 5.75 Å². The molecule has 0 aromatic heterocycles. The first-order valence-electron chi connectivity index (χ1n) is 8.07. The van der Waals surface area contributed by atoms with Gasteiger partial charge in [0.2, 0.25) is 15.9 Å². The van der Waals surface area contributed by atoms with E-state index in [2.05, 4.69) is 4.72 Å². The summed E-state index contributed by atoms with van der Waals surface area (Å²) in [6.07, 6.45) is 2.28. The summed E-state index contributed by atoms with van der Waals surface area (Å²) in [4.78, 5) is 14.1. The number of ether oxygens (including phenoxy) is 1. The van der Waals surface area contributed by atoms with Gasteiger partial charge in [-0.3, -0.25) is 4.79 Å². The van der Waals surface area contributed by atoms with E-state index < -0.39 is 10.0 Å². The third kappa shape index (κ3) is 3.35. The van der Waals surface area contributed by atoms with Crippen LogP contribution >= 0.6 is 0 Å². The van der Waals surface area contributed by atoms with Crippen LogP contribution in [0, 0.1) is 0 Å². The number of sulfonamides is 1. The minimum atomic E-state index is -3.59. The van der Waals surface area contributed by atoms with Gasteiger partial charge in [-0.25, -0.2) is 13.1 Å². The lowest BCUT2D eigenvalue weighted by Gasteiger charge is -2.22. The number of benzene rings is 1. The van der Waals surface area contributed by atoms with Crippen LogP contribution in [0.25, 0.3) is 0 Å². The number of likely N-dealkylation sites (tertiary alicyclic amines) is 1. The van der Waals surface area contributed by atoms with E-state index in [0.29, 0.717) is 38.1 Å². The molecule has 1 N–H and O–H groups in total. The second-order valence-electron chi connectivity index (χ2n) is 6.04. The number of rotatable bonds is 2. The van der Waals surface area contributed by atoms with Crippen molar-refractivity contribution < 1.29 is 17.9 Å². The van der Waals surface area contributed by atoms with Crippen LogP contribution in [0.1, 0.15) is 32.6 Å². The quantitative estimate of drug-likeness (QED) is 0.887. The topological polar surface area (TPSA) is 75.7 Å². The average molecular weight is 338 g/mol. The second kappa shape index (κ2) is 6.49. The molecule has 126 valence electrons. The second-order valence-corrected chi connectivity index (χ2v) is 7.72. The molecule has 0 bridgehead atoms. The molecule has 0 radical (unpaired) electrons. The highest BCUT2D eigenvalue weighted by Gasteiger charge is 2.37. The summed E-state index contributed by atoms with van der Waals surface area (Å²) in [6, 6.07) is 6.38. The Morgan fingerprint density at radius 2 is 2.04 bits per heavy atom. The monoisotopic (exact) mass is 338 g/mol. The van der Waals surface area contributed by atoms with Crippen LogP contribution in [0.4, 0.5) is 0 Å². The van der Waals surface area contributed by atoms with Crippen molar-refractivity contribution in [1.82, 2.24) is 9.62 Å². The highest BCUT2D eigenvalue weighted by atomic mass is 32.2. The Bertz CT molecular complexity index is 689. The first-order valence-corrected chi connectivity index (χ1v) is 9.55. The molecule has 1 fully saturated rings. The van der Waals surface area contributed by atoms with Gasteiger partial charge in [-0.15, -0.1) is 0 Å². The molecular formula is C16H22N2O4S. The van der Waals surface area contributed by atoms with Crippen LogP contribution in [-0.4, -0.2) is 44.5 Å². The predicted molar refractivity (Wildman–Crippen MR) is 85.7 cm³/mol. The van der Waals surface area contributed by atoms with E-state index in [-0.39, 0.29) is 22.9 Å². The van der Waals surface area contributed by atoms with Crippen LogP contribution in [-0.2, 0) is 14.8 Å². The van der Waals surface area contributed by atoms with Crippen molar-refractivity contribution in [2.24, 2.45) is 0 Å². The maximum Gasteiger partial charge on any atom is 0.244 e. The van der Waals surface area contributed by atoms with Gasteiger partial charge in [0, 0.05) is 25.9 Å². The summed E-state index contributed by atoms with van der Waals surface area (Å²) in [7, 11) is -3.59. The molecule has 1 amide bonds. The zero-order chi connectivity index (χ0) is 16.4. The molecule has 0 spiro atoms. The molecule has 1 aromatic rings. The Kier molecular flexibility index (Phi) is 4.59. The average Bonchev–Trinajstić information content (AvgIpc) is 2.76. The van der Waals surface area contributed by atoms with Gasteiger partial charge in [0.05, 0.1) is 6.04 Å². The largest absolute Gasteiger partial charge is 0.487 e. The maximum atomic E-state index is 12.5. The zero-order valence-corrected chi connectivity index (χ0v) is 14.0. The fourth-order valence-electron chi connectivity index (χ4n) is 3.17. The summed E-state index contributed by atoms with van der Waals surface area (Å²) >= 11 is 0. The van der Waals surface area contributed by atoms with Crippen molar-refractivity contribution >= 4 is 15.9 Å². The molecule has 1 saturated heterocycles. The van der Waals surface area contributed by atoms with E-state index in [9.17, 15) is 13.2 Å². The molecule has 0 saturated carbocycles. The molecule has 1 aromatic carbocycles.